The maximum atomic E-state index is 5.40. The van der Waals surface area contributed by atoms with Gasteiger partial charge in [0.15, 0.2) is 5.96 Å². The van der Waals surface area contributed by atoms with E-state index in [0.717, 1.165) is 50.0 Å². The minimum atomic E-state index is 0.652. The fourth-order valence-electron chi connectivity index (χ4n) is 4.31. The number of rotatable bonds is 5. The average Bonchev–Trinajstić information content (AvgIpc) is 3.19. The summed E-state index contributed by atoms with van der Waals surface area (Å²) in [6.07, 6.45) is 8.48. The molecule has 2 aliphatic carbocycles. The highest BCUT2D eigenvalue weighted by atomic mass is 16.5. The molecule has 2 N–H and O–H groups in total. The van der Waals surface area contributed by atoms with Gasteiger partial charge in [0, 0.05) is 32.7 Å². The topological polar surface area (TPSA) is 45.7 Å². The Morgan fingerprint density at radius 3 is 2.80 bits per heavy atom. The van der Waals surface area contributed by atoms with Crippen molar-refractivity contribution in [2.45, 2.75) is 38.5 Å². The molecule has 0 spiro atoms. The molecule has 1 saturated heterocycles. The molecule has 2 saturated carbocycles. The van der Waals surface area contributed by atoms with E-state index in [1.54, 1.807) is 0 Å². The lowest BCUT2D eigenvalue weighted by Gasteiger charge is -2.22. The van der Waals surface area contributed by atoms with Crippen molar-refractivity contribution >= 4 is 5.96 Å². The van der Waals surface area contributed by atoms with Gasteiger partial charge >= 0.3 is 0 Å². The summed E-state index contributed by atoms with van der Waals surface area (Å²) in [4.78, 5) is 4.31. The van der Waals surface area contributed by atoms with E-state index in [2.05, 4.69) is 15.6 Å². The molecule has 3 rings (SSSR count). The van der Waals surface area contributed by atoms with Crippen LogP contribution in [0.25, 0.3) is 0 Å². The van der Waals surface area contributed by atoms with Crippen LogP contribution in [0.15, 0.2) is 4.99 Å². The zero-order valence-corrected chi connectivity index (χ0v) is 12.7. The fourth-order valence-corrected chi connectivity index (χ4v) is 4.31. The Morgan fingerprint density at radius 1 is 1.20 bits per heavy atom. The molecule has 0 radical (unpaired) electrons. The Bertz CT molecular complexity index is 339. The van der Waals surface area contributed by atoms with Crippen LogP contribution in [0.1, 0.15) is 38.5 Å². The summed E-state index contributed by atoms with van der Waals surface area (Å²) in [5.74, 6) is 4.68. The first-order chi connectivity index (χ1) is 9.85. The van der Waals surface area contributed by atoms with Crippen molar-refractivity contribution in [2.24, 2.45) is 28.7 Å². The SMILES string of the molecule is CN=C(NCCC1CC2CCC1C2)NCC1CCOC1. The number of hydrogen-bond acceptors (Lipinski definition) is 2. The maximum Gasteiger partial charge on any atom is 0.190 e. The minimum Gasteiger partial charge on any atom is -0.381 e. The van der Waals surface area contributed by atoms with Crippen molar-refractivity contribution < 1.29 is 4.74 Å². The van der Waals surface area contributed by atoms with E-state index in [-0.39, 0.29) is 0 Å². The van der Waals surface area contributed by atoms with Crippen molar-refractivity contribution in [3.05, 3.63) is 0 Å². The highest BCUT2D eigenvalue weighted by molar-refractivity contribution is 5.79. The molecule has 3 aliphatic rings. The second kappa shape index (κ2) is 6.79. The van der Waals surface area contributed by atoms with Crippen LogP contribution in [-0.4, -0.2) is 39.3 Å². The lowest BCUT2D eigenvalue weighted by atomic mass is 9.86. The third-order valence-electron chi connectivity index (χ3n) is 5.50. The number of guanidine groups is 1. The van der Waals surface area contributed by atoms with Gasteiger partial charge in [-0.05, 0) is 49.9 Å². The average molecular weight is 279 g/mol. The normalized spacial score (nSPS) is 36.5. The highest BCUT2D eigenvalue weighted by Gasteiger charge is 2.38. The molecule has 2 bridgehead atoms. The van der Waals surface area contributed by atoms with Crippen LogP contribution in [0.2, 0.25) is 0 Å². The van der Waals surface area contributed by atoms with Crippen LogP contribution >= 0.6 is 0 Å². The van der Waals surface area contributed by atoms with E-state index in [1.165, 1.54) is 38.5 Å². The molecule has 4 atom stereocenters. The Balaban J connectivity index is 1.32. The van der Waals surface area contributed by atoms with Crippen molar-refractivity contribution in [1.29, 1.82) is 0 Å². The number of nitrogens with zero attached hydrogens (tertiary/aromatic N) is 1. The van der Waals surface area contributed by atoms with Crippen LogP contribution in [0.3, 0.4) is 0 Å². The molecule has 4 nitrogen and oxygen atoms in total. The number of hydrogen-bond donors (Lipinski definition) is 2. The van der Waals surface area contributed by atoms with Crippen LogP contribution < -0.4 is 10.6 Å². The monoisotopic (exact) mass is 279 g/mol. The van der Waals surface area contributed by atoms with E-state index in [1.807, 2.05) is 7.05 Å². The van der Waals surface area contributed by atoms with Gasteiger partial charge in [0.1, 0.15) is 0 Å². The zero-order chi connectivity index (χ0) is 13.8. The van der Waals surface area contributed by atoms with Gasteiger partial charge < -0.3 is 15.4 Å². The number of ether oxygens (including phenoxy) is 1. The lowest BCUT2D eigenvalue weighted by molar-refractivity contribution is 0.186. The van der Waals surface area contributed by atoms with Crippen LogP contribution in [0, 0.1) is 23.7 Å². The summed E-state index contributed by atoms with van der Waals surface area (Å²) in [6, 6.07) is 0. The predicted octanol–water partition coefficient (Wildman–Crippen LogP) is 2.01. The van der Waals surface area contributed by atoms with Gasteiger partial charge in [-0.15, -0.1) is 0 Å². The molecule has 0 amide bonds. The molecule has 1 heterocycles. The van der Waals surface area contributed by atoms with Gasteiger partial charge in [0.2, 0.25) is 0 Å². The molecule has 1 aliphatic heterocycles. The Labute approximate surface area is 122 Å². The Hall–Kier alpha value is -0.770. The molecule has 114 valence electrons. The smallest absolute Gasteiger partial charge is 0.190 e. The largest absolute Gasteiger partial charge is 0.381 e. The van der Waals surface area contributed by atoms with Gasteiger partial charge in [-0.2, -0.15) is 0 Å². The molecule has 4 heteroatoms. The quantitative estimate of drug-likeness (QED) is 0.598. The van der Waals surface area contributed by atoms with E-state index in [0.29, 0.717) is 5.92 Å². The molecular formula is C16H29N3O. The minimum absolute atomic E-state index is 0.652. The van der Waals surface area contributed by atoms with Crippen molar-refractivity contribution in [2.75, 3.05) is 33.4 Å². The first kappa shape index (κ1) is 14.2. The lowest BCUT2D eigenvalue weighted by Crippen LogP contribution is -2.40. The zero-order valence-electron chi connectivity index (χ0n) is 12.7. The third kappa shape index (κ3) is 3.46. The van der Waals surface area contributed by atoms with Crippen LogP contribution in [-0.2, 0) is 4.74 Å². The van der Waals surface area contributed by atoms with E-state index in [4.69, 9.17) is 4.74 Å². The number of nitrogens with one attached hydrogen (secondary N) is 2. The van der Waals surface area contributed by atoms with E-state index < -0.39 is 0 Å². The van der Waals surface area contributed by atoms with Gasteiger partial charge in [0.25, 0.3) is 0 Å². The molecule has 4 unspecified atom stereocenters. The van der Waals surface area contributed by atoms with E-state index >= 15 is 0 Å². The highest BCUT2D eigenvalue weighted by Crippen LogP contribution is 2.49. The maximum absolute atomic E-state index is 5.40. The Kier molecular flexibility index (Phi) is 4.81. The third-order valence-corrected chi connectivity index (χ3v) is 5.50. The molecule has 3 fully saturated rings. The first-order valence-electron chi connectivity index (χ1n) is 8.37. The fraction of sp³-hybridized carbons (Fsp3) is 0.938. The second-order valence-electron chi connectivity index (χ2n) is 6.83. The first-order valence-corrected chi connectivity index (χ1v) is 8.37. The summed E-state index contributed by atoms with van der Waals surface area (Å²) in [5, 5.41) is 6.91. The molecule has 20 heavy (non-hydrogen) atoms. The van der Waals surface area contributed by atoms with Crippen molar-refractivity contribution in [3.63, 3.8) is 0 Å². The molecule has 0 aromatic carbocycles. The summed E-state index contributed by atoms with van der Waals surface area (Å²) >= 11 is 0. The van der Waals surface area contributed by atoms with Crippen molar-refractivity contribution in [3.8, 4) is 0 Å². The summed E-state index contributed by atoms with van der Waals surface area (Å²) in [5.41, 5.74) is 0. The van der Waals surface area contributed by atoms with Crippen molar-refractivity contribution in [1.82, 2.24) is 10.6 Å². The molecular weight excluding hydrogens is 250 g/mol. The van der Waals surface area contributed by atoms with Gasteiger partial charge in [-0.1, -0.05) is 6.42 Å². The summed E-state index contributed by atoms with van der Waals surface area (Å²) < 4.78 is 5.40. The number of fused-ring (bicyclic) bond motifs is 2. The van der Waals surface area contributed by atoms with E-state index in [9.17, 15) is 0 Å². The van der Waals surface area contributed by atoms with Gasteiger partial charge in [0.05, 0.1) is 6.61 Å². The molecule has 0 aromatic rings. The second-order valence-corrected chi connectivity index (χ2v) is 6.83. The van der Waals surface area contributed by atoms with Crippen LogP contribution in [0.5, 0.6) is 0 Å². The van der Waals surface area contributed by atoms with Crippen LogP contribution in [0.4, 0.5) is 0 Å². The summed E-state index contributed by atoms with van der Waals surface area (Å²) in [7, 11) is 1.86. The predicted molar refractivity (Wildman–Crippen MR) is 81.8 cm³/mol. The number of aliphatic imine (C=N–C) groups is 1. The van der Waals surface area contributed by atoms with Gasteiger partial charge in [-0.3, -0.25) is 4.99 Å². The Morgan fingerprint density at radius 2 is 2.15 bits per heavy atom. The summed E-state index contributed by atoms with van der Waals surface area (Å²) in [6.45, 7) is 3.86. The standard InChI is InChI=1S/C16H29N3O/c1-17-16(19-10-13-5-7-20-11-13)18-6-4-15-9-12-2-3-14(15)8-12/h12-15H,2-11H2,1H3,(H2,17,18,19). The van der Waals surface area contributed by atoms with Gasteiger partial charge in [-0.25, -0.2) is 0 Å². The molecule has 0 aromatic heterocycles.